The monoisotopic (exact) mass is 310 g/mol. The minimum atomic E-state index is -0.164. The first-order valence-corrected chi connectivity index (χ1v) is 8.02. The predicted molar refractivity (Wildman–Crippen MR) is 91.0 cm³/mol. The summed E-state index contributed by atoms with van der Waals surface area (Å²) in [5.74, 6) is 0.596. The summed E-state index contributed by atoms with van der Waals surface area (Å²) in [5, 5.41) is 2.90. The standard InChI is InChI=1S/C19H22N2O2/c1-12-9-13(2)20-14(3)19(12)21-18(22)11-23-17-8-7-15-5-4-6-16(15)10-17/h7-10H,4-6,11H2,1-3H3,(H,21,22). The molecule has 1 amide bonds. The maximum Gasteiger partial charge on any atom is 0.262 e. The molecule has 4 nitrogen and oxygen atoms in total. The van der Waals surface area contributed by atoms with Crippen LogP contribution in [0.4, 0.5) is 5.69 Å². The molecule has 1 aliphatic rings. The summed E-state index contributed by atoms with van der Waals surface area (Å²) >= 11 is 0. The van der Waals surface area contributed by atoms with Crippen molar-refractivity contribution >= 4 is 11.6 Å². The number of aromatic nitrogens is 1. The number of pyridine rings is 1. The van der Waals surface area contributed by atoms with Gasteiger partial charge >= 0.3 is 0 Å². The van der Waals surface area contributed by atoms with Crippen molar-refractivity contribution < 1.29 is 9.53 Å². The zero-order valence-electron chi connectivity index (χ0n) is 13.9. The largest absolute Gasteiger partial charge is 0.484 e. The Morgan fingerprint density at radius 1 is 1.17 bits per heavy atom. The maximum atomic E-state index is 12.1. The van der Waals surface area contributed by atoms with E-state index in [1.165, 1.54) is 17.5 Å². The molecule has 1 aliphatic carbocycles. The normalized spacial score (nSPS) is 12.8. The smallest absolute Gasteiger partial charge is 0.262 e. The number of nitrogens with zero attached hydrogens (tertiary/aromatic N) is 1. The molecule has 2 aromatic rings. The topological polar surface area (TPSA) is 51.2 Å². The SMILES string of the molecule is Cc1cc(C)c(NC(=O)COc2ccc3c(c2)CCC3)c(C)n1. The second-order valence-corrected chi connectivity index (χ2v) is 6.16. The van der Waals surface area contributed by atoms with E-state index in [9.17, 15) is 4.79 Å². The van der Waals surface area contributed by atoms with E-state index >= 15 is 0 Å². The lowest BCUT2D eigenvalue weighted by Gasteiger charge is -2.13. The Hall–Kier alpha value is -2.36. The molecule has 0 fully saturated rings. The second-order valence-electron chi connectivity index (χ2n) is 6.16. The first-order chi connectivity index (χ1) is 11.0. The molecule has 0 saturated carbocycles. The molecule has 1 aromatic heterocycles. The Kier molecular flexibility index (Phi) is 4.33. The number of rotatable bonds is 4. The van der Waals surface area contributed by atoms with Crippen molar-refractivity contribution in [1.82, 2.24) is 4.98 Å². The van der Waals surface area contributed by atoms with Crippen LogP contribution in [0, 0.1) is 20.8 Å². The third-order valence-electron chi connectivity index (χ3n) is 4.23. The Labute approximate surface area is 136 Å². The Balaban J connectivity index is 1.62. The van der Waals surface area contributed by atoms with Crippen molar-refractivity contribution in [2.75, 3.05) is 11.9 Å². The number of anilines is 1. The van der Waals surface area contributed by atoms with Gasteiger partial charge in [0, 0.05) is 5.69 Å². The highest BCUT2D eigenvalue weighted by Crippen LogP contribution is 2.26. The molecule has 0 radical (unpaired) electrons. The summed E-state index contributed by atoms with van der Waals surface area (Å²) in [5.41, 5.74) is 6.32. The predicted octanol–water partition coefficient (Wildman–Crippen LogP) is 3.51. The maximum absolute atomic E-state index is 12.1. The molecule has 1 heterocycles. The number of aryl methyl sites for hydroxylation is 5. The van der Waals surface area contributed by atoms with E-state index in [2.05, 4.69) is 22.4 Å². The summed E-state index contributed by atoms with van der Waals surface area (Å²) in [6, 6.07) is 8.07. The number of hydrogen-bond acceptors (Lipinski definition) is 3. The number of nitrogens with one attached hydrogen (secondary N) is 1. The number of carbonyl (C=O) groups is 1. The van der Waals surface area contributed by atoms with Gasteiger partial charge in [-0.3, -0.25) is 9.78 Å². The van der Waals surface area contributed by atoms with Gasteiger partial charge in [-0.2, -0.15) is 0 Å². The Bertz CT molecular complexity index is 730. The van der Waals surface area contributed by atoms with Crippen LogP contribution in [0.1, 0.15) is 34.5 Å². The van der Waals surface area contributed by atoms with Crippen LogP contribution in [0.3, 0.4) is 0 Å². The fourth-order valence-corrected chi connectivity index (χ4v) is 3.17. The average Bonchev–Trinajstić information content (AvgIpc) is 2.96. The molecule has 0 spiro atoms. The number of benzene rings is 1. The van der Waals surface area contributed by atoms with Gasteiger partial charge in [0.2, 0.25) is 0 Å². The van der Waals surface area contributed by atoms with Crippen molar-refractivity contribution in [2.45, 2.75) is 40.0 Å². The molecule has 0 bridgehead atoms. The zero-order valence-corrected chi connectivity index (χ0v) is 13.9. The van der Waals surface area contributed by atoms with Crippen LogP contribution in [0.2, 0.25) is 0 Å². The van der Waals surface area contributed by atoms with Crippen LogP contribution in [0.15, 0.2) is 24.3 Å². The van der Waals surface area contributed by atoms with Crippen molar-refractivity contribution in [2.24, 2.45) is 0 Å². The molecule has 0 aliphatic heterocycles. The zero-order chi connectivity index (χ0) is 16.4. The fourth-order valence-electron chi connectivity index (χ4n) is 3.17. The van der Waals surface area contributed by atoms with E-state index in [0.29, 0.717) is 0 Å². The third kappa shape index (κ3) is 3.52. The van der Waals surface area contributed by atoms with Crippen molar-refractivity contribution in [1.29, 1.82) is 0 Å². The molecule has 0 atom stereocenters. The molecule has 23 heavy (non-hydrogen) atoms. The van der Waals surface area contributed by atoms with Crippen LogP contribution in [0.25, 0.3) is 0 Å². The average molecular weight is 310 g/mol. The number of hydrogen-bond donors (Lipinski definition) is 1. The Morgan fingerprint density at radius 2 is 1.96 bits per heavy atom. The van der Waals surface area contributed by atoms with Crippen LogP contribution in [-0.2, 0) is 17.6 Å². The lowest BCUT2D eigenvalue weighted by Crippen LogP contribution is -2.21. The molecule has 1 N–H and O–H groups in total. The quantitative estimate of drug-likeness (QED) is 0.940. The van der Waals surface area contributed by atoms with E-state index in [1.54, 1.807) is 0 Å². The molecule has 3 rings (SSSR count). The summed E-state index contributed by atoms with van der Waals surface area (Å²) in [4.78, 5) is 16.5. The van der Waals surface area contributed by atoms with E-state index in [0.717, 1.165) is 41.2 Å². The van der Waals surface area contributed by atoms with Crippen LogP contribution >= 0.6 is 0 Å². The molecule has 0 saturated heterocycles. The lowest BCUT2D eigenvalue weighted by molar-refractivity contribution is -0.118. The number of carbonyl (C=O) groups excluding carboxylic acids is 1. The number of ether oxygens (including phenoxy) is 1. The third-order valence-corrected chi connectivity index (χ3v) is 4.23. The van der Waals surface area contributed by atoms with E-state index in [1.807, 2.05) is 32.9 Å². The van der Waals surface area contributed by atoms with Gasteiger partial charge in [-0.05, 0) is 74.9 Å². The van der Waals surface area contributed by atoms with Gasteiger partial charge in [-0.25, -0.2) is 0 Å². The first-order valence-electron chi connectivity index (χ1n) is 8.02. The first kappa shape index (κ1) is 15.5. The summed E-state index contributed by atoms with van der Waals surface area (Å²) in [6.45, 7) is 5.82. The van der Waals surface area contributed by atoms with Gasteiger partial charge in [0.25, 0.3) is 5.91 Å². The van der Waals surface area contributed by atoms with E-state index in [4.69, 9.17) is 4.74 Å². The second kappa shape index (κ2) is 6.41. The fraction of sp³-hybridized carbons (Fsp3) is 0.368. The van der Waals surface area contributed by atoms with Crippen LogP contribution in [-0.4, -0.2) is 17.5 Å². The van der Waals surface area contributed by atoms with Gasteiger partial charge in [0.15, 0.2) is 6.61 Å². The van der Waals surface area contributed by atoms with Crippen molar-refractivity contribution in [3.8, 4) is 5.75 Å². The van der Waals surface area contributed by atoms with Gasteiger partial charge in [0.1, 0.15) is 5.75 Å². The Morgan fingerprint density at radius 3 is 2.74 bits per heavy atom. The summed E-state index contributed by atoms with van der Waals surface area (Å²) < 4.78 is 5.64. The van der Waals surface area contributed by atoms with E-state index < -0.39 is 0 Å². The molecule has 0 unspecified atom stereocenters. The molecule has 1 aromatic carbocycles. The summed E-state index contributed by atoms with van der Waals surface area (Å²) in [7, 11) is 0. The molecular formula is C19H22N2O2. The highest BCUT2D eigenvalue weighted by Gasteiger charge is 2.13. The molecule has 120 valence electrons. The van der Waals surface area contributed by atoms with Crippen molar-refractivity contribution in [3.63, 3.8) is 0 Å². The van der Waals surface area contributed by atoms with Gasteiger partial charge < -0.3 is 10.1 Å². The number of fused-ring (bicyclic) bond motifs is 1. The molecule has 4 heteroatoms. The minimum absolute atomic E-state index is 0.00550. The van der Waals surface area contributed by atoms with Crippen molar-refractivity contribution in [3.05, 3.63) is 52.3 Å². The highest BCUT2D eigenvalue weighted by molar-refractivity contribution is 5.93. The van der Waals surface area contributed by atoms with Crippen LogP contribution < -0.4 is 10.1 Å². The minimum Gasteiger partial charge on any atom is -0.484 e. The van der Waals surface area contributed by atoms with Gasteiger partial charge in [-0.1, -0.05) is 6.07 Å². The molecular weight excluding hydrogens is 288 g/mol. The lowest BCUT2D eigenvalue weighted by atomic mass is 10.1. The number of amides is 1. The van der Waals surface area contributed by atoms with Gasteiger partial charge in [-0.15, -0.1) is 0 Å². The highest BCUT2D eigenvalue weighted by atomic mass is 16.5. The van der Waals surface area contributed by atoms with Gasteiger partial charge in [0.05, 0.1) is 11.4 Å². The summed E-state index contributed by atoms with van der Waals surface area (Å²) in [6.07, 6.45) is 3.46. The van der Waals surface area contributed by atoms with Crippen LogP contribution in [0.5, 0.6) is 5.75 Å². The van der Waals surface area contributed by atoms with E-state index in [-0.39, 0.29) is 12.5 Å².